The third-order valence-electron chi connectivity index (χ3n) is 7.02. The normalized spacial score (nSPS) is 23.1. The standard InChI is InChI=1S/C23H29F3N4O2S/c1-15-18(30-11-10-23(14-30)9-5-6-16(23)13-29(2)3)12-17(24)22(21(15)26)33(31,32)28-20-8-4-7-19(25)27-20/h4,7-8,12,16H,5-6,9-11,13-14H2,1-3H3,(H,27,28)/t16-,23-/m0/s1. The second kappa shape index (κ2) is 8.79. The minimum Gasteiger partial charge on any atom is -0.371 e. The average molecular weight is 483 g/mol. The zero-order valence-corrected chi connectivity index (χ0v) is 19.9. The van der Waals surface area contributed by atoms with E-state index in [1.165, 1.54) is 19.1 Å². The van der Waals surface area contributed by atoms with Crippen molar-refractivity contribution in [3.63, 3.8) is 0 Å². The second-order valence-corrected chi connectivity index (χ2v) is 11.1. The van der Waals surface area contributed by atoms with Gasteiger partial charge in [-0.05, 0) is 69.8 Å². The van der Waals surface area contributed by atoms with Gasteiger partial charge >= 0.3 is 0 Å². The molecule has 33 heavy (non-hydrogen) atoms. The molecule has 1 N–H and O–H groups in total. The highest BCUT2D eigenvalue weighted by Crippen LogP contribution is 2.51. The van der Waals surface area contributed by atoms with Crippen LogP contribution in [0.4, 0.5) is 24.7 Å². The summed E-state index contributed by atoms with van der Waals surface area (Å²) in [7, 11) is -0.540. The van der Waals surface area contributed by atoms with E-state index in [1.807, 2.05) is 9.62 Å². The fourth-order valence-corrected chi connectivity index (χ4v) is 6.68. The summed E-state index contributed by atoms with van der Waals surface area (Å²) in [4.78, 5) is 6.48. The maximum atomic E-state index is 15.3. The van der Waals surface area contributed by atoms with Crippen LogP contribution in [0.25, 0.3) is 0 Å². The van der Waals surface area contributed by atoms with Crippen LogP contribution in [-0.2, 0) is 10.0 Å². The highest BCUT2D eigenvalue weighted by atomic mass is 32.2. The Morgan fingerprint density at radius 2 is 2.00 bits per heavy atom. The van der Waals surface area contributed by atoms with E-state index in [0.29, 0.717) is 24.7 Å². The first-order valence-corrected chi connectivity index (χ1v) is 12.5. The predicted molar refractivity (Wildman–Crippen MR) is 121 cm³/mol. The molecule has 0 unspecified atom stereocenters. The van der Waals surface area contributed by atoms with E-state index < -0.39 is 32.5 Å². The third-order valence-corrected chi connectivity index (χ3v) is 8.41. The molecule has 4 rings (SSSR count). The summed E-state index contributed by atoms with van der Waals surface area (Å²) in [6.07, 6.45) is 4.32. The van der Waals surface area contributed by atoms with Crippen molar-refractivity contribution in [3.05, 3.63) is 47.4 Å². The Labute approximate surface area is 192 Å². The molecule has 1 saturated heterocycles. The maximum Gasteiger partial charge on any atom is 0.268 e. The van der Waals surface area contributed by atoms with E-state index in [-0.39, 0.29) is 16.8 Å². The molecule has 0 bridgehead atoms. The van der Waals surface area contributed by atoms with Crippen molar-refractivity contribution in [2.75, 3.05) is 43.4 Å². The summed E-state index contributed by atoms with van der Waals surface area (Å²) in [5, 5.41) is 0. The van der Waals surface area contributed by atoms with Crippen molar-refractivity contribution in [2.45, 2.75) is 37.5 Å². The SMILES string of the molecule is Cc1c(N2CC[C@@]3(CCC[C@H]3CN(C)C)C2)cc(F)c(S(=O)(=O)Nc2cccc(F)n2)c1F. The molecule has 6 nitrogen and oxygen atoms in total. The zero-order chi connectivity index (χ0) is 24.0. The Balaban J connectivity index is 1.63. The first-order chi connectivity index (χ1) is 15.5. The lowest BCUT2D eigenvalue weighted by Gasteiger charge is -2.34. The molecule has 1 saturated carbocycles. The summed E-state index contributed by atoms with van der Waals surface area (Å²) in [5.41, 5.74) is 0.558. The Kier molecular flexibility index (Phi) is 6.34. The van der Waals surface area contributed by atoms with Crippen LogP contribution in [0, 0.1) is 35.8 Å². The van der Waals surface area contributed by atoms with Crippen molar-refractivity contribution in [1.82, 2.24) is 9.88 Å². The first-order valence-electron chi connectivity index (χ1n) is 11.1. The zero-order valence-electron chi connectivity index (χ0n) is 19.0. The molecule has 1 aromatic heterocycles. The summed E-state index contributed by atoms with van der Waals surface area (Å²) in [5.74, 6) is -3.08. The van der Waals surface area contributed by atoms with E-state index >= 15 is 8.78 Å². The van der Waals surface area contributed by atoms with Crippen LogP contribution in [-0.4, -0.2) is 52.0 Å². The van der Waals surface area contributed by atoms with E-state index in [2.05, 4.69) is 24.0 Å². The first kappa shape index (κ1) is 23.8. The molecule has 1 aliphatic carbocycles. The minimum atomic E-state index is -4.65. The lowest BCUT2D eigenvalue weighted by Crippen LogP contribution is -2.36. The van der Waals surface area contributed by atoms with Crippen LogP contribution in [0.3, 0.4) is 0 Å². The molecular weight excluding hydrogens is 453 g/mol. The van der Waals surface area contributed by atoms with Gasteiger partial charge in [0.1, 0.15) is 11.6 Å². The summed E-state index contributed by atoms with van der Waals surface area (Å²) >= 11 is 0. The molecular formula is C23H29F3N4O2S. The predicted octanol–water partition coefficient (Wildman–Crippen LogP) is 4.17. The van der Waals surface area contributed by atoms with Crippen LogP contribution in [0.1, 0.15) is 31.2 Å². The highest BCUT2D eigenvalue weighted by molar-refractivity contribution is 7.92. The smallest absolute Gasteiger partial charge is 0.268 e. The topological polar surface area (TPSA) is 65.5 Å². The van der Waals surface area contributed by atoms with Gasteiger partial charge < -0.3 is 9.80 Å². The van der Waals surface area contributed by atoms with Gasteiger partial charge in [0.25, 0.3) is 10.0 Å². The fourth-order valence-electron chi connectivity index (χ4n) is 5.49. The quantitative estimate of drug-likeness (QED) is 0.627. The van der Waals surface area contributed by atoms with Gasteiger partial charge in [-0.2, -0.15) is 4.39 Å². The van der Waals surface area contributed by atoms with Crippen LogP contribution >= 0.6 is 0 Å². The summed E-state index contributed by atoms with van der Waals surface area (Å²) in [6.45, 7) is 3.80. The molecule has 2 atom stereocenters. The number of hydrogen-bond donors (Lipinski definition) is 1. The molecule has 180 valence electrons. The van der Waals surface area contributed by atoms with Gasteiger partial charge in [0.15, 0.2) is 10.7 Å². The Hall–Kier alpha value is -2.33. The van der Waals surface area contributed by atoms with Gasteiger partial charge in [0.2, 0.25) is 5.95 Å². The highest BCUT2D eigenvalue weighted by Gasteiger charge is 2.47. The third kappa shape index (κ3) is 4.55. The monoisotopic (exact) mass is 482 g/mol. The molecule has 0 radical (unpaired) electrons. The number of sulfonamides is 1. The largest absolute Gasteiger partial charge is 0.371 e. The number of anilines is 2. The Morgan fingerprint density at radius 3 is 2.70 bits per heavy atom. The molecule has 2 aromatic rings. The fraction of sp³-hybridized carbons (Fsp3) is 0.522. The van der Waals surface area contributed by atoms with Gasteiger partial charge in [-0.3, -0.25) is 4.72 Å². The van der Waals surface area contributed by atoms with E-state index in [1.54, 1.807) is 0 Å². The number of halogens is 3. The maximum absolute atomic E-state index is 15.3. The van der Waals surface area contributed by atoms with Gasteiger partial charge in [-0.25, -0.2) is 22.2 Å². The van der Waals surface area contributed by atoms with E-state index in [0.717, 1.165) is 44.4 Å². The van der Waals surface area contributed by atoms with Crippen molar-refractivity contribution in [3.8, 4) is 0 Å². The minimum absolute atomic E-state index is 0.0724. The summed E-state index contributed by atoms with van der Waals surface area (Å²) < 4.78 is 71.0. The van der Waals surface area contributed by atoms with Gasteiger partial charge in [-0.1, -0.05) is 12.5 Å². The molecule has 0 amide bonds. The molecule has 10 heteroatoms. The Bertz CT molecular complexity index is 1160. The number of rotatable bonds is 6. The van der Waals surface area contributed by atoms with Gasteiger partial charge in [0, 0.05) is 30.9 Å². The van der Waals surface area contributed by atoms with Crippen molar-refractivity contribution < 1.29 is 21.6 Å². The number of nitrogens with one attached hydrogen (secondary N) is 1. The lowest BCUT2D eigenvalue weighted by molar-refractivity contribution is 0.183. The van der Waals surface area contributed by atoms with Crippen molar-refractivity contribution >= 4 is 21.5 Å². The number of aromatic nitrogens is 1. The molecule has 2 heterocycles. The summed E-state index contributed by atoms with van der Waals surface area (Å²) in [6, 6.07) is 4.58. The average Bonchev–Trinajstić information content (AvgIpc) is 3.31. The second-order valence-electron chi connectivity index (χ2n) is 9.48. The number of benzene rings is 1. The molecule has 2 fully saturated rings. The Morgan fingerprint density at radius 1 is 1.24 bits per heavy atom. The molecule has 2 aliphatic rings. The van der Waals surface area contributed by atoms with Gasteiger partial charge in [0.05, 0.1) is 0 Å². The molecule has 1 aromatic carbocycles. The number of hydrogen-bond acceptors (Lipinski definition) is 5. The van der Waals surface area contributed by atoms with Crippen LogP contribution in [0.2, 0.25) is 0 Å². The van der Waals surface area contributed by atoms with Gasteiger partial charge in [-0.15, -0.1) is 0 Å². The van der Waals surface area contributed by atoms with Crippen LogP contribution in [0.5, 0.6) is 0 Å². The number of pyridine rings is 1. The lowest BCUT2D eigenvalue weighted by atomic mass is 9.77. The van der Waals surface area contributed by atoms with Crippen LogP contribution < -0.4 is 9.62 Å². The number of nitrogens with zero attached hydrogens (tertiary/aromatic N) is 3. The molecule has 1 spiro atoms. The van der Waals surface area contributed by atoms with Crippen LogP contribution in [0.15, 0.2) is 29.2 Å². The van der Waals surface area contributed by atoms with E-state index in [4.69, 9.17) is 0 Å². The van der Waals surface area contributed by atoms with Crippen molar-refractivity contribution in [1.29, 1.82) is 0 Å². The molecule has 1 aliphatic heterocycles. The van der Waals surface area contributed by atoms with Crippen molar-refractivity contribution in [2.24, 2.45) is 11.3 Å². The van der Waals surface area contributed by atoms with E-state index in [9.17, 15) is 12.8 Å².